The monoisotopic (exact) mass is 601 g/mol. The van der Waals surface area contributed by atoms with E-state index in [1.165, 1.54) is 34.7 Å². The van der Waals surface area contributed by atoms with Gasteiger partial charge in [0, 0.05) is 16.9 Å². The Labute approximate surface area is 244 Å². The van der Waals surface area contributed by atoms with Crippen molar-refractivity contribution in [3.8, 4) is 0 Å². The standard InChI is InChI=1S/C31H28F5N3O4/c32-26-15-12-23(16-25(26)31(34,35)36)38-30(43)39(24-13-10-21(11-14-24)20-4-2-1-3-5-20)18-19-6-8-22(9-7-19)28(40)37-17-27(33)29(41)42/h4,6-16,27H,1-3,5,17-18H2,(H,37,40)(H,38,43)(H,41,42). The Morgan fingerprint density at radius 2 is 1.65 bits per heavy atom. The number of aliphatic carboxylic acids is 1. The molecule has 0 heterocycles. The smallest absolute Gasteiger partial charge is 0.419 e. The molecule has 1 aliphatic carbocycles. The van der Waals surface area contributed by atoms with Crippen LogP contribution in [-0.4, -0.2) is 35.7 Å². The summed E-state index contributed by atoms with van der Waals surface area (Å²) in [5.74, 6) is -3.87. The SMILES string of the molecule is O=C(NCC(F)C(=O)O)c1ccc(CN(C(=O)Nc2ccc(F)c(C(F)(F)F)c2)c2ccc(C3=CCCCC3)cc2)cc1. The minimum atomic E-state index is -4.96. The number of rotatable bonds is 9. The molecule has 0 spiro atoms. The van der Waals surface area contributed by atoms with Crippen LogP contribution in [0, 0.1) is 5.82 Å². The minimum absolute atomic E-state index is 0.0608. The van der Waals surface area contributed by atoms with Gasteiger partial charge >= 0.3 is 18.2 Å². The van der Waals surface area contributed by atoms with Gasteiger partial charge in [-0.3, -0.25) is 9.69 Å². The molecule has 3 aromatic rings. The highest BCUT2D eigenvalue weighted by Crippen LogP contribution is 2.33. The van der Waals surface area contributed by atoms with Gasteiger partial charge in [-0.15, -0.1) is 0 Å². The second-order valence-electron chi connectivity index (χ2n) is 9.94. The summed E-state index contributed by atoms with van der Waals surface area (Å²) in [7, 11) is 0. The van der Waals surface area contributed by atoms with Crippen molar-refractivity contribution in [2.24, 2.45) is 0 Å². The number of carboxylic acids is 1. The predicted molar refractivity (Wildman–Crippen MR) is 151 cm³/mol. The van der Waals surface area contributed by atoms with Gasteiger partial charge in [0.15, 0.2) is 0 Å². The Balaban J connectivity index is 1.57. The number of carbonyl (C=O) groups excluding carboxylic acids is 2. The van der Waals surface area contributed by atoms with E-state index in [4.69, 9.17) is 5.11 Å². The molecule has 0 saturated heterocycles. The number of urea groups is 1. The van der Waals surface area contributed by atoms with E-state index in [1.54, 1.807) is 12.1 Å². The lowest BCUT2D eigenvalue weighted by Gasteiger charge is -2.24. The van der Waals surface area contributed by atoms with Gasteiger partial charge in [0.2, 0.25) is 6.17 Å². The number of allylic oxidation sites excluding steroid dienone is 2. The molecule has 0 aliphatic heterocycles. The van der Waals surface area contributed by atoms with Crippen LogP contribution in [0.2, 0.25) is 0 Å². The maximum absolute atomic E-state index is 13.8. The zero-order valence-corrected chi connectivity index (χ0v) is 22.8. The van der Waals surface area contributed by atoms with E-state index in [2.05, 4.69) is 16.7 Å². The molecule has 4 rings (SSSR count). The number of carboxylic acid groups (broad SMARTS) is 1. The molecule has 0 fully saturated rings. The van der Waals surface area contributed by atoms with Gasteiger partial charge in [-0.2, -0.15) is 13.2 Å². The van der Waals surface area contributed by atoms with Gasteiger partial charge in [0.05, 0.1) is 18.7 Å². The molecule has 0 saturated carbocycles. The first-order valence-electron chi connectivity index (χ1n) is 13.4. The Morgan fingerprint density at radius 3 is 2.26 bits per heavy atom. The third kappa shape index (κ3) is 8.18. The summed E-state index contributed by atoms with van der Waals surface area (Å²) in [6.45, 7) is -0.773. The first-order chi connectivity index (χ1) is 20.4. The Bertz CT molecular complexity index is 1510. The van der Waals surface area contributed by atoms with Crippen molar-refractivity contribution >= 4 is 34.9 Å². The van der Waals surface area contributed by atoms with Crippen molar-refractivity contribution in [2.75, 3.05) is 16.8 Å². The first kappa shape index (κ1) is 31.2. The minimum Gasteiger partial charge on any atom is -0.479 e. The van der Waals surface area contributed by atoms with E-state index < -0.39 is 48.2 Å². The molecule has 1 unspecified atom stereocenters. The lowest BCUT2D eigenvalue weighted by Crippen LogP contribution is -2.35. The number of nitrogens with zero attached hydrogens (tertiary/aromatic N) is 1. The number of carbonyl (C=O) groups is 3. The van der Waals surface area contributed by atoms with Gasteiger partial charge in [0.25, 0.3) is 5.91 Å². The van der Waals surface area contributed by atoms with Crippen molar-refractivity contribution < 1.29 is 41.4 Å². The fraction of sp³-hybridized carbons (Fsp3) is 0.258. The zero-order valence-electron chi connectivity index (χ0n) is 22.8. The third-order valence-electron chi connectivity index (χ3n) is 6.88. The summed E-state index contributed by atoms with van der Waals surface area (Å²) < 4.78 is 66.8. The topological polar surface area (TPSA) is 98.7 Å². The largest absolute Gasteiger partial charge is 0.479 e. The molecule has 12 heteroatoms. The predicted octanol–water partition coefficient (Wildman–Crippen LogP) is 7.19. The second-order valence-corrected chi connectivity index (χ2v) is 9.94. The Morgan fingerprint density at radius 1 is 0.953 bits per heavy atom. The number of nitrogens with one attached hydrogen (secondary N) is 2. The van der Waals surface area contributed by atoms with E-state index in [9.17, 15) is 36.3 Å². The summed E-state index contributed by atoms with van der Waals surface area (Å²) in [6, 6.07) is 14.4. The maximum Gasteiger partial charge on any atom is 0.419 e. The Kier molecular flexibility index (Phi) is 9.79. The van der Waals surface area contributed by atoms with Gasteiger partial charge in [-0.1, -0.05) is 30.3 Å². The quantitative estimate of drug-likeness (QED) is 0.226. The second kappa shape index (κ2) is 13.5. The molecule has 3 amide bonds. The van der Waals surface area contributed by atoms with E-state index in [0.717, 1.165) is 37.3 Å². The molecule has 0 bridgehead atoms. The van der Waals surface area contributed by atoms with E-state index >= 15 is 0 Å². The zero-order chi connectivity index (χ0) is 31.1. The highest BCUT2D eigenvalue weighted by molar-refractivity contribution is 6.02. The lowest BCUT2D eigenvalue weighted by molar-refractivity contribution is -0.142. The van der Waals surface area contributed by atoms with Crippen LogP contribution in [0.5, 0.6) is 0 Å². The molecule has 0 radical (unpaired) electrons. The summed E-state index contributed by atoms with van der Waals surface area (Å²) in [5.41, 5.74) is 1.50. The van der Waals surface area contributed by atoms with Gasteiger partial charge in [0.1, 0.15) is 5.82 Å². The van der Waals surface area contributed by atoms with Crippen LogP contribution in [-0.2, 0) is 17.5 Å². The van der Waals surface area contributed by atoms with E-state index in [0.29, 0.717) is 23.4 Å². The molecule has 3 aromatic carbocycles. The van der Waals surface area contributed by atoms with Gasteiger partial charge in [-0.25, -0.2) is 18.4 Å². The van der Waals surface area contributed by atoms with Crippen LogP contribution in [0.4, 0.5) is 38.1 Å². The van der Waals surface area contributed by atoms with Crippen LogP contribution in [0.1, 0.15) is 52.7 Å². The molecule has 3 N–H and O–H groups in total. The number of hydrogen-bond acceptors (Lipinski definition) is 3. The van der Waals surface area contributed by atoms with Crippen LogP contribution in [0.25, 0.3) is 5.57 Å². The molecule has 7 nitrogen and oxygen atoms in total. The van der Waals surface area contributed by atoms with Crippen LogP contribution in [0.15, 0.2) is 72.8 Å². The van der Waals surface area contributed by atoms with Crippen molar-refractivity contribution in [3.05, 3.63) is 101 Å². The van der Waals surface area contributed by atoms with Gasteiger partial charge < -0.3 is 15.7 Å². The fourth-order valence-electron chi connectivity index (χ4n) is 4.56. The molecule has 226 valence electrons. The van der Waals surface area contributed by atoms with E-state index in [-0.39, 0.29) is 17.8 Å². The van der Waals surface area contributed by atoms with Crippen LogP contribution >= 0.6 is 0 Å². The molecular weight excluding hydrogens is 573 g/mol. The average Bonchev–Trinajstić information content (AvgIpc) is 2.99. The van der Waals surface area contributed by atoms with Gasteiger partial charge in [-0.05, 0) is 84.8 Å². The highest BCUT2D eigenvalue weighted by atomic mass is 19.4. The van der Waals surface area contributed by atoms with Crippen molar-refractivity contribution in [2.45, 2.75) is 44.6 Å². The number of anilines is 2. The third-order valence-corrected chi connectivity index (χ3v) is 6.88. The number of hydrogen-bond donors (Lipinski definition) is 3. The normalized spacial score (nSPS) is 13.9. The molecule has 43 heavy (non-hydrogen) atoms. The number of halogens is 5. The van der Waals surface area contributed by atoms with Crippen molar-refractivity contribution in [1.29, 1.82) is 0 Å². The summed E-state index contributed by atoms with van der Waals surface area (Å²) in [4.78, 5) is 37.6. The number of alkyl halides is 4. The molecular formula is C31H28F5N3O4. The molecule has 0 aromatic heterocycles. The summed E-state index contributed by atoms with van der Waals surface area (Å²) in [5, 5.41) is 13.2. The summed E-state index contributed by atoms with van der Waals surface area (Å²) >= 11 is 0. The maximum atomic E-state index is 13.8. The molecule has 1 atom stereocenters. The summed E-state index contributed by atoms with van der Waals surface area (Å²) in [6.07, 6.45) is -0.952. The Hall–Kier alpha value is -4.74. The number of amides is 3. The number of benzene rings is 3. The van der Waals surface area contributed by atoms with Crippen molar-refractivity contribution in [1.82, 2.24) is 5.32 Å². The lowest BCUT2D eigenvalue weighted by atomic mass is 9.93. The van der Waals surface area contributed by atoms with Crippen molar-refractivity contribution in [3.63, 3.8) is 0 Å². The fourth-order valence-corrected chi connectivity index (χ4v) is 4.56. The highest BCUT2D eigenvalue weighted by Gasteiger charge is 2.34. The van der Waals surface area contributed by atoms with Crippen LogP contribution < -0.4 is 15.5 Å². The average molecular weight is 602 g/mol. The molecule has 1 aliphatic rings. The first-order valence-corrected chi connectivity index (χ1v) is 13.4. The van der Waals surface area contributed by atoms with E-state index in [1.807, 2.05) is 12.1 Å². The van der Waals surface area contributed by atoms with Crippen LogP contribution in [0.3, 0.4) is 0 Å².